The average Bonchev–Trinajstić information content (AvgIpc) is 2.49. The molecule has 1 N–H and O–H groups in total. The molecule has 5 heteroatoms. The molecule has 0 aliphatic carbocycles. The van der Waals surface area contributed by atoms with E-state index in [9.17, 15) is 4.79 Å². The SMILES string of the molecule is Cc1ccc(Cl)c(OCC(=O)N[C@@H](C)c2ccc(Cl)cc2)c1. The topological polar surface area (TPSA) is 38.3 Å². The van der Waals surface area contributed by atoms with Gasteiger partial charge in [-0.1, -0.05) is 41.4 Å². The molecule has 0 spiro atoms. The number of hydrogen-bond donors (Lipinski definition) is 1. The largest absolute Gasteiger partial charge is 0.482 e. The Morgan fingerprint density at radius 1 is 1.18 bits per heavy atom. The molecule has 0 saturated heterocycles. The molecule has 0 aromatic heterocycles. The fraction of sp³-hybridized carbons (Fsp3) is 0.235. The highest BCUT2D eigenvalue weighted by Crippen LogP contribution is 2.25. The standard InChI is InChI=1S/C17H17Cl2NO2/c1-11-3-8-15(19)16(9-11)22-10-17(21)20-12(2)13-4-6-14(18)7-5-13/h3-9,12H,10H2,1-2H3,(H,20,21)/t12-/m0/s1. The maximum atomic E-state index is 12.0. The van der Waals surface area contributed by atoms with Gasteiger partial charge < -0.3 is 10.1 Å². The Labute approximate surface area is 140 Å². The van der Waals surface area contributed by atoms with Gasteiger partial charge in [0.15, 0.2) is 6.61 Å². The van der Waals surface area contributed by atoms with Crippen molar-refractivity contribution in [2.45, 2.75) is 19.9 Å². The molecule has 3 nitrogen and oxygen atoms in total. The molecule has 2 aromatic rings. The van der Waals surface area contributed by atoms with Crippen molar-refractivity contribution in [3.63, 3.8) is 0 Å². The number of carbonyl (C=O) groups is 1. The summed E-state index contributed by atoms with van der Waals surface area (Å²) in [5, 5.41) is 4.03. The predicted octanol–water partition coefficient (Wildman–Crippen LogP) is 4.56. The van der Waals surface area contributed by atoms with Gasteiger partial charge in [0.25, 0.3) is 5.91 Å². The summed E-state index contributed by atoms with van der Waals surface area (Å²) in [6, 6.07) is 12.7. The van der Waals surface area contributed by atoms with E-state index in [4.69, 9.17) is 27.9 Å². The minimum atomic E-state index is -0.208. The third kappa shape index (κ3) is 4.65. The van der Waals surface area contributed by atoms with E-state index in [1.807, 2.05) is 32.0 Å². The van der Waals surface area contributed by atoms with Crippen molar-refractivity contribution in [2.75, 3.05) is 6.61 Å². The summed E-state index contributed by atoms with van der Waals surface area (Å²) < 4.78 is 5.47. The van der Waals surface area contributed by atoms with Crippen molar-refractivity contribution < 1.29 is 9.53 Å². The van der Waals surface area contributed by atoms with Crippen LogP contribution in [0.25, 0.3) is 0 Å². The van der Waals surface area contributed by atoms with Crippen molar-refractivity contribution in [2.24, 2.45) is 0 Å². The van der Waals surface area contributed by atoms with Gasteiger partial charge in [0.2, 0.25) is 0 Å². The molecule has 1 atom stereocenters. The van der Waals surface area contributed by atoms with Crippen molar-refractivity contribution in [3.8, 4) is 5.75 Å². The second-order valence-electron chi connectivity index (χ2n) is 5.06. The molecule has 1 amide bonds. The first-order valence-corrected chi connectivity index (χ1v) is 7.65. The minimum Gasteiger partial charge on any atom is -0.482 e. The average molecular weight is 338 g/mol. The van der Waals surface area contributed by atoms with E-state index in [0.29, 0.717) is 15.8 Å². The molecule has 0 aliphatic rings. The summed E-state index contributed by atoms with van der Waals surface area (Å²) in [6.45, 7) is 3.76. The third-order valence-corrected chi connectivity index (χ3v) is 3.76. The molecular formula is C17H17Cl2NO2. The number of ether oxygens (including phenoxy) is 1. The molecule has 22 heavy (non-hydrogen) atoms. The summed E-state index contributed by atoms with van der Waals surface area (Å²) in [5.74, 6) is 0.302. The number of hydrogen-bond acceptors (Lipinski definition) is 2. The number of halogens is 2. The van der Waals surface area contributed by atoms with E-state index < -0.39 is 0 Å². The van der Waals surface area contributed by atoms with Crippen LogP contribution in [0.3, 0.4) is 0 Å². The third-order valence-electron chi connectivity index (χ3n) is 3.19. The van der Waals surface area contributed by atoms with Gasteiger partial charge in [-0.15, -0.1) is 0 Å². The zero-order chi connectivity index (χ0) is 16.1. The lowest BCUT2D eigenvalue weighted by Gasteiger charge is -2.15. The van der Waals surface area contributed by atoms with Crippen LogP contribution >= 0.6 is 23.2 Å². The van der Waals surface area contributed by atoms with Crippen LogP contribution in [0, 0.1) is 6.92 Å². The van der Waals surface area contributed by atoms with Crippen LogP contribution in [-0.4, -0.2) is 12.5 Å². The van der Waals surface area contributed by atoms with Crippen molar-refractivity contribution in [3.05, 3.63) is 63.6 Å². The normalized spacial score (nSPS) is 11.8. The quantitative estimate of drug-likeness (QED) is 0.868. The number of amides is 1. The van der Waals surface area contributed by atoms with Gasteiger partial charge in [-0.25, -0.2) is 0 Å². The minimum absolute atomic E-state index is 0.0822. The van der Waals surface area contributed by atoms with Crippen LogP contribution in [0.2, 0.25) is 10.0 Å². The molecule has 0 bridgehead atoms. The van der Waals surface area contributed by atoms with Crippen LogP contribution in [0.5, 0.6) is 5.75 Å². The van der Waals surface area contributed by atoms with Crippen LogP contribution in [0.15, 0.2) is 42.5 Å². The molecule has 116 valence electrons. The van der Waals surface area contributed by atoms with Crippen molar-refractivity contribution in [1.29, 1.82) is 0 Å². The highest BCUT2D eigenvalue weighted by atomic mass is 35.5. The van der Waals surface area contributed by atoms with Gasteiger partial charge in [-0.3, -0.25) is 4.79 Å². The van der Waals surface area contributed by atoms with E-state index in [0.717, 1.165) is 11.1 Å². The lowest BCUT2D eigenvalue weighted by Crippen LogP contribution is -2.31. The second kappa shape index (κ2) is 7.52. The van der Waals surface area contributed by atoms with Gasteiger partial charge in [0, 0.05) is 5.02 Å². The van der Waals surface area contributed by atoms with E-state index >= 15 is 0 Å². The highest BCUT2D eigenvalue weighted by molar-refractivity contribution is 6.32. The zero-order valence-electron chi connectivity index (χ0n) is 12.4. The summed E-state index contributed by atoms with van der Waals surface area (Å²) >= 11 is 11.9. The van der Waals surface area contributed by atoms with Crippen LogP contribution < -0.4 is 10.1 Å². The summed E-state index contributed by atoms with van der Waals surface area (Å²) in [6.07, 6.45) is 0. The van der Waals surface area contributed by atoms with Crippen LogP contribution in [0.4, 0.5) is 0 Å². The zero-order valence-corrected chi connectivity index (χ0v) is 13.9. The summed E-state index contributed by atoms with van der Waals surface area (Å²) in [7, 11) is 0. The Morgan fingerprint density at radius 3 is 2.55 bits per heavy atom. The lowest BCUT2D eigenvalue weighted by molar-refractivity contribution is -0.123. The molecule has 0 radical (unpaired) electrons. The monoisotopic (exact) mass is 337 g/mol. The van der Waals surface area contributed by atoms with Gasteiger partial charge >= 0.3 is 0 Å². The number of nitrogens with one attached hydrogen (secondary N) is 1. The Morgan fingerprint density at radius 2 is 1.86 bits per heavy atom. The molecular weight excluding hydrogens is 321 g/mol. The Balaban J connectivity index is 1.90. The van der Waals surface area contributed by atoms with Crippen LogP contribution in [-0.2, 0) is 4.79 Å². The fourth-order valence-corrected chi connectivity index (χ4v) is 2.28. The predicted molar refractivity (Wildman–Crippen MR) is 89.7 cm³/mol. The lowest BCUT2D eigenvalue weighted by atomic mass is 10.1. The summed E-state index contributed by atoms with van der Waals surface area (Å²) in [4.78, 5) is 12.0. The second-order valence-corrected chi connectivity index (χ2v) is 5.91. The van der Waals surface area contributed by atoms with Gasteiger partial charge in [0.1, 0.15) is 5.75 Å². The van der Waals surface area contributed by atoms with E-state index in [1.165, 1.54) is 0 Å². The molecule has 2 rings (SSSR count). The molecule has 0 unspecified atom stereocenters. The Bertz CT molecular complexity index is 656. The Kier molecular flexibility index (Phi) is 5.69. The smallest absolute Gasteiger partial charge is 0.258 e. The first kappa shape index (κ1) is 16.7. The van der Waals surface area contributed by atoms with E-state index in [1.54, 1.807) is 24.3 Å². The van der Waals surface area contributed by atoms with Crippen LogP contribution in [0.1, 0.15) is 24.1 Å². The fourth-order valence-electron chi connectivity index (χ4n) is 1.98. The Hall–Kier alpha value is -1.71. The van der Waals surface area contributed by atoms with Gasteiger partial charge in [-0.2, -0.15) is 0 Å². The molecule has 2 aromatic carbocycles. The molecule has 0 saturated carbocycles. The highest BCUT2D eigenvalue weighted by Gasteiger charge is 2.11. The van der Waals surface area contributed by atoms with E-state index in [-0.39, 0.29) is 18.6 Å². The van der Waals surface area contributed by atoms with Crippen molar-refractivity contribution in [1.82, 2.24) is 5.32 Å². The van der Waals surface area contributed by atoms with Gasteiger partial charge in [0.05, 0.1) is 11.1 Å². The maximum absolute atomic E-state index is 12.0. The number of benzene rings is 2. The van der Waals surface area contributed by atoms with Crippen molar-refractivity contribution >= 4 is 29.1 Å². The number of aryl methyl sites for hydroxylation is 1. The molecule has 0 aliphatic heterocycles. The summed E-state index contributed by atoms with van der Waals surface area (Å²) in [5.41, 5.74) is 2.00. The number of rotatable bonds is 5. The molecule has 0 fully saturated rings. The maximum Gasteiger partial charge on any atom is 0.258 e. The van der Waals surface area contributed by atoms with Gasteiger partial charge in [-0.05, 0) is 49.2 Å². The first-order chi connectivity index (χ1) is 10.5. The molecule has 0 heterocycles. The number of carbonyl (C=O) groups excluding carboxylic acids is 1. The first-order valence-electron chi connectivity index (χ1n) is 6.89. The van der Waals surface area contributed by atoms with E-state index in [2.05, 4.69) is 5.32 Å².